The summed E-state index contributed by atoms with van der Waals surface area (Å²) in [4.78, 5) is 2.23. The summed E-state index contributed by atoms with van der Waals surface area (Å²) in [5.74, 6) is 0.265. The lowest BCUT2D eigenvalue weighted by Crippen LogP contribution is -2.46. The third kappa shape index (κ3) is 2.38. The third-order valence-electron chi connectivity index (χ3n) is 4.05. The number of fused-ring (bicyclic) bond motifs is 1. The largest absolute Gasteiger partial charge is 0.508 e. The normalized spacial score (nSPS) is 18.2. The minimum absolute atomic E-state index is 0.0154. The average Bonchev–Trinajstić information content (AvgIpc) is 2.51. The fourth-order valence-electron chi connectivity index (χ4n) is 3.02. The van der Waals surface area contributed by atoms with E-state index in [9.17, 15) is 10.2 Å². The van der Waals surface area contributed by atoms with Crippen molar-refractivity contribution in [2.45, 2.75) is 6.04 Å². The molecule has 1 saturated heterocycles. The molecular weight excluding hydrogens is 252 g/mol. The number of aliphatic hydroxyl groups excluding tert-OH is 1. The van der Waals surface area contributed by atoms with Crippen LogP contribution >= 0.6 is 0 Å². The van der Waals surface area contributed by atoms with Crippen LogP contribution < -0.4 is 5.32 Å². The number of piperazine rings is 1. The topological polar surface area (TPSA) is 55.7 Å². The fraction of sp³-hybridized carbons (Fsp3) is 0.375. The summed E-state index contributed by atoms with van der Waals surface area (Å²) in [7, 11) is 0. The van der Waals surface area contributed by atoms with Crippen molar-refractivity contribution in [1.82, 2.24) is 10.2 Å². The van der Waals surface area contributed by atoms with Gasteiger partial charge in [-0.15, -0.1) is 0 Å². The van der Waals surface area contributed by atoms with E-state index in [2.05, 4.69) is 10.2 Å². The quantitative estimate of drug-likeness (QED) is 0.792. The summed E-state index contributed by atoms with van der Waals surface area (Å²) in [6.07, 6.45) is 0. The van der Waals surface area contributed by atoms with E-state index in [4.69, 9.17) is 0 Å². The van der Waals surface area contributed by atoms with Gasteiger partial charge in [-0.3, -0.25) is 4.90 Å². The van der Waals surface area contributed by atoms with Crippen LogP contribution in [0.3, 0.4) is 0 Å². The standard InChI is InChI=1S/C16H20N2O2/c19-11-14(18-9-7-17-8-10-18)16-13-4-2-1-3-12(13)5-6-15(16)20/h1-6,14,17,19-20H,7-11H2/t14-/m0/s1. The summed E-state index contributed by atoms with van der Waals surface area (Å²) < 4.78 is 0. The molecule has 0 bridgehead atoms. The maximum Gasteiger partial charge on any atom is 0.121 e. The van der Waals surface area contributed by atoms with Crippen molar-refractivity contribution in [2.24, 2.45) is 0 Å². The monoisotopic (exact) mass is 272 g/mol. The van der Waals surface area contributed by atoms with Crippen LogP contribution in [0, 0.1) is 0 Å². The third-order valence-corrected chi connectivity index (χ3v) is 4.05. The molecule has 0 saturated carbocycles. The Bertz CT molecular complexity index is 594. The molecule has 0 aliphatic carbocycles. The first-order valence-corrected chi connectivity index (χ1v) is 7.07. The zero-order chi connectivity index (χ0) is 13.9. The van der Waals surface area contributed by atoms with Crippen LogP contribution in [0.5, 0.6) is 5.75 Å². The zero-order valence-corrected chi connectivity index (χ0v) is 11.4. The van der Waals surface area contributed by atoms with Crippen molar-refractivity contribution in [3.8, 4) is 5.75 Å². The number of nitrogens with zero attached hydrogens (tertiary/aromatic N) is 1. The van der Waals surface area contributed by atoms with Crippen molar-refractivity contribution in [2.75, 3.05) is 32.8 Å². The Morgan fingerprint density at radius 1 is 1.10 bits per heavy atom. The van der Waals surface area contributed by atoms with Gasteiger partial charge in [0.2, 0.25) is 0 Å². The van der Waals surface area contributed by atoms with Crippen molar-refractivity contribution in [3.63, 3.8) is 0 Å². The van der Waals surface area contributed by atoms with Crippen LogP contribution in [0.2, 0.25) is 0 Å². The first-order chi connectivity index (χ1) is 9.81. The molecule has 1 heterocycles. The van der Waals surface area contributed by atoms with Gasteiger partial charge in [-0.1, -0.05) is 30.3 Å². The molecule has 0 radical (unpaired) electrons. The van der Waals surface area contributed by atoms with Gasteiger partial charge in [-0.05, 0) is 16.8 Å². The number of phenols is 1. The molecule has 4 heteroatoms. The highest BCUT2D eigenvalue weighted by Crippen LogP contribution is 2.35. The molecule has 2 aromatic carbocycles. The molecule has 1 atom stereocenters. The smallest absolute Gasteiger partial charge is 0.121 e. The predicted molar refractivity (Wildman–Crippen MR) is 79.9 cm³/mol. The van der Waals surface area contributed by atoms with Crippen molar-refractivity contribution < 1.29 is 10.2 Å². The van der Waals surface area contributed by atoms with Crippen LogP contribution in [0.1, 0.15) is 11.6 Å². The maximum atomic E-state index is 10.3. The lowest BCUT2D eigenvalue weighted by atomic mass is 9.96. The molecule has 106 valence electrons. The van der Waals surface area contributed by atoms with Crippen LogP contribution in [-0.4, -0.2) is 47.9 Å². The lowest BCUT2D eigenvalue weighted by Gasteiger charge is -2.34. The molecule has 3 rings (SSSR count). The van der Waals surface area contributed by atoms with Crippen molar-refractivity contribution in [1.29, 1.82) is 0 Å². The molecule has 3 N–H and O–H groups in total. The maximum absolute atomic E-state index is 10.3. The van der Waals surface area contributed by atoms with Gasteiger partial charge < -0.3 is 15.5 Å². The Labute approximate surface area is 118 Å². The molecule has 20 heavy (non-hydrogen) atoms. The first-order valence-electron chi connectivity index (χ1n) is 7.07. The van der Waals surface area contributed by atoms with E-state index in [0.717, 1.165) is 42.5 Å². The molecular formula is C16H20N2O2. The fourth-order valence-corrected chi connectivity index (χ4v) is 3.02. The number of aliphatic hydroxyl groups is 1. The second kappa shape index (κ2) is 5.79. The predicted octanol–water partition coefficient (Wildman–Crippen LogP) is 1.48. The molecule has 4 nitrogen and oxygen atoms in total. The molecule has 0 amide bonds. The van der Waals surface area contributed by atoms with E-state index in [1.165, 1.54) is 0 Å². The van der Waals surface area contributed by atoms with E-state index >= 15 is 0 Å². The highest BCUT2D eigenvalue weighted by atomic mass is 16.3. The lowest BCUT2D eigenvalue weighted by molar-refractivity contribution is 0.110. The minimum Gasteiger partial charge on any atom is -0.508 e. The molecule has 1 aliphatic heterocycles. The number of rotatable bonds is 3. The average molecular weight is 272 g/mol. The van der Waals surface area contributed by atoms with Gasteiger partial charge in [0.15, 0.2) is 0 Å². The molecule has 0 unspecified atom stereocenters. The second-order valence-electron chi connectivity index (χ2n) is 5.20. The highest BCUT2D eigenvalue weighted by Gasteiger charge is 2.25. The van der Waals surface area contributed by atoms with Gasteiger partial charge in [0.05, 0.1) is 12.6 Å². The van der Waals surface area contributed by atoms with E-state index in [1.54, 1.807) is 6.07 Å². The van der Waals surface area contributed by atoms with Gasteiger partial charge >= 0.3 is 0 Å². The number of hydrogen-bond donors (Lipinski definition) is 3. The number of benzene rings is 2. The van der Waals surface area contributed by atoms with E-state index in [0.29, 0.717) is 0 Å². The van der Waals surface area contributed by atoms with Gasteiger partial charge in [0.25, 0.3) is 0 Å². The van der Waals surface area contributed by atoms with E-state index in [-0.39, 0.29) is 18.4 Å². The Kier molecular flexibility index (Phi) is 3.87. The summed E-state index contributed by atoms with van der Waals surface area (Å²) in [5, 5.41) is 25.6. The molecule has 1 fully saturated rings. The first kappa shape index (κ1) is 13.4. The summed E-state index contributed by atoms with van der Waals surface area (Å²) in [6.45, 7) is 3.62. The molecule has 0 spiro atoms. The molecule has 2 aromatic rings. The number of aromatic hydroxyl groups is 1. The zero-order valence-electron chi connectivity index (χ0n) is 11.4. The van der Waals surface area contributed by atoms with E-state index in [1.807, 2.05) is 30.3 Å². The van der Waals surface area contributed by atoms with Crippen LogP contribution in [0.25, 0.3) is 10.8 Å². The van der Waals surface area contributed by atoms with Gasteiger partial charge in [0.1, 0.15) is 5.75 Å². The highest BCUT2D eigenvalue weighted by molar-refractivity contribution is 5.88. The Morgan fingerprint density at radius 2 is 1.85 bits per heavy atom. The summed E-state index contributed by atoms with van der Waals surface area (Å²) in [6, 6.07) is 11.5. The minimum atomic E-state index is -0.150. The molecule has 0 aromatic heterocycles. The Morgan fingerprint density at radius 3 is 2.60 bits per heavy atom. The van der Waals surface area contributed by atoms with Gasteiger partial charge in [-0.25, -0.2) is 0 Å². The van der Waals surface area contributed by atoms with Crippen LogP contribution in [0.15, 0.2) is 36.4 Å². The molecule has 1 aliphatic rings. The van der Waals surface area contributed by atoms with Gasteiger partial charge in [-0.2, -0.15) is 0 Å². The summed E-state index contributed by atoms with van der Waals surface area (Å²) in [5.41, 5.74) is 0.840. The van der Waals surface area contributed by atoms with Gasteiger partial charge in [0, 0.05) is 31.7 Å². The number of phenolic OH excluding ortho intramolecular Hbond substituents is 1. The van der Waals surface area contributed by atoms with Crippen LogP contribution in [0.4, 0.5) is 0 Å². The van der Waals surface area contributed by atoms with Crippen molar-refractivity contribution in [3.05, 3.63) is 42.0 Å². The summed E-state index contributed by atoms with van der Waals surface area (Å²) >= 11 is 0. The van der Waals surface area contributed by atoms with Crippen molar-refractivity contribution >= 4 is 10.8 Å². The Balaban J connectivity index is 2.08. The van der Waals surface area contributed by atoms with Crippen LogP contribution in [-0.2, 0) is 0 Å². The number of nitrogens with one attached hydrogen (secondary N) is 1. The van der Waals surface area contributed by atoms with E-state index < -0.39 is 0 Å². The number of hydrogen-bond acceptors (Lipinski definition) is 4. The Hall–Kier alpha value is -1.62. The second-order valence-corrected chi connectivity index (χ2v) is 5.20. The SMILES string of the molecule is OC[C@@H](c1c(O)ccc2ccccc12)N1CCNCC1.